The highest BCUT2D eigenvalue weighted by molar-refractivity contribution is 5.83. The van der Waals surface area contributed by atoms with E-state index in [-0.39, 0.29) is 17.7 Å². The number of benzene rings is 1. The second-order valence-corrected chi connectivity index (χ2v) is 13.0. The van der Waals surface area contributed by atoms with Crippen LogP contribution in [0.5, 0.6) is 0 Å². The van der Waals surface area contributed by atoms with Gasteiger partial charge in [0.05, 0.1) is 24.0 Å². The molecule has 1 spiro atoms. The standard InChI is InChI=1S/C35H37N9O3/c1-43-19-28(18-40-43)26-11-12-29(37-16-26)31(33(45)39-15-24-5-3-2-4-6-24)25-9-7-23(8-10-25)13-30-38-17-27(14-36)32(41-30)44-20-35(21-44)22-47-34(46)42-35/h2-6,11-12,16-19,23,25,31H,7-10,13,15,20-22H2,1H3,(H,39,45)(H,42,46)/t23-,25-,31?. The Hall–Kier alpha value is -5.31. The summed E-state index contributed by atoms with van der Waals surface area (Å²) in [5.74, 6) is 1.46. The van der Waals surface area contributed by atoms with E-state index in [4.69, 9.17) is 14.7 Å². The van der Waals surface area contributed by atoms with Crippen molar-refractivity contribution in [3.05, 3.63) is 89.9 Å². The molecule has 5 heterocycles. The predicted molar refractivity (Wildman–Crippen MR) is 173 cm³/mol. The molecule has 2 amide bonds. The molecule has 2 aliphatic heterocycles. The summed E-state index contributed by atoms with van der Waals surface area (Å²) in [7, 11) is 1.89. The molecule has 0 radical (unpaired) electrons. The Balaban J connectivity index is 1.03. The second-order valence-electron chi connectivity index (χ2n) is 13.0. The smallest absolute Gasteiger partial charge is 0.407 e. The van der Waals surface area contributed by atoms with Gasteiger partial charge in [-0.15, -0.1) is 0 Å². The molecule has 12 nitrogen and oxygen atoms in total. The maximum atomic E-state index is 13.8. The molecule has 1 aromatic carbocycles. The van der Waals surface area contributed by atoms with Gasteiger partial charge < -0.3 is 20.3 Å². The van der Waals surface area contributed by atoms with Crippen LogP contribution in [-0.2, 0) is 29.5 Å². The zero-order valence-electron chi connectivity index (χ0n) is 26.3. The molecule has 12 heteroatoms. The Labute approximate surface area is 273 Å². The molecular weight excluding hydrogens is 594 g/mol. The number of nitriles is 1. The highest BCUT2D eigenvalue weighted by atomic mass is 16.6. The second kappa shape index (κ2) is 12.8. The van der Waals surface area contributed by atoms with Crippen LogP contribution >= 0.6 is 0 Å². The average Bonchev–Trinajstić information content (AvgIpc) is 3.70. The normalized spacial score (nSPS) is 20.5. The van der Waals surface area contributed by atoms with Crippen molar-refractivity contribution in [2.75, 3.05) is 24.6 Å². The van der Waals surface area contributed by atoms with Crippen LogP contribution in [0.25, 0.3) is 11.1 Å². The van der Waals surface area contributed by atoms with Gasteiger partial charge in [0.25, 0.3) is 0 Å². The lowest BCUT2D eigenvalue weighted by Gasteiger charge is -2.46. The monoisotopic (exact) mass is 631 g/mol. The van der Waals surface area contributed by atoms with E-state index < -0.39 is 11.6 Å². The van der Waals surface area contributed by atoms with Gasteiger partial charge in [-0.3, -0.25) is 14.5 Å². The number of hydrogen-bond acceptors (Lipinski definition) is 9. The van der Waals surface area contributed by atoms with Gasteiger partial charge in [0, 0.05) is 56.6 Å². The summed E-state index contributed by atoms with van der Waals surface area (Å²) < 4.78 is 6.86. The number of alkyl carbamates (subject to hydrolysis) is 1. The van der Waals surface area contributed by atoms with Crippen molar-refractivity contribution < 1.29 is 14.3 Å². The van der Waals surface area contributed by atoms with E-state index in [2.05, 4.69) is 26.8 Å². The summed E-state index contributed by atoms with van der Waals surface area (Å²) in [6.45, 7) is 1.87. The molecule has 7 rings (SSSR count). The largest absolute Gasteiger partial charge is 0.447 e. The number of hydrogen-bond donors (Lipinski definition) is 2. The van der Waals surface area contributed by atoms with Gasteiger partial charge in [-0.25, -0.2) is 14.8 Å². The van der Waals surface area contributed by atoms with Crippen LogP contribution in [0.3, 0.4) is 0 Å². The van der Waals surface area contributed by atoms with Crippen molar-refractivity contribution >= 4 is 17.8 Å². The Bertz CT molecular complexity index is 1790. The van der Waals surface area contributed by atoms with Crippen molar-refractivity contribution in [3.8, 4) is 17.2 Å². The summed E-state index contributed by atoms with van der Waals surface area (Å²) in [6.07, 6.45) is 11.2. The Kier molecular flexibility index (Phi) is 8.28. The van der Waals surface area contributed by atoms with Gasteiger partial charge in [-0.1, -0.05) is 36.4 Å². The minimum absolute atomic E-state index is 0.00447. The molecule has 2 saturated heterocycles. The van der Waals surface area contributed by atoms with Gasteiger partial charge in [-0.05, 0) is 49.1 Å². The number of amides is 2. The third-order valence-corrected chi connectivity index (χ3v) is 9.64. The summed E-state index contributed by atoms with van der Waals surface area (Å²) in [6, 6.07) is 16.2. The van der Waals surface area contributed by atoms with Crippen LogP contribution in [-0.4, -0.2) is 62.0 Å². The summed E-state index contributed by atoms with van der Waals surface area (Å²) in [5, 5.41) is 20.0. The Morgan fingerprint density at radius 1 is 1.09 bits per heavy atom. The fourth-order valence-electron chi connectivity index (χ4n) is 7.12. The third-order valence-electron chi connectivity index (χ3n) is 9.64. The van der Waals surface area contributed by atoms with Gasteiger partial charge in [-0.2, -0.15) is 10.4 Å². The molecule has 1 unspecified atom stereocenters. The van der Waals surface area contributed by atoms with Crippen LogP contribution in [0.1, 0.15) is 54.2 Å². The minimum Gasteiger partial charge on any atom is -0.447 e. The number of carbonyl (C=O) groups is 2. The fourth-order valence-corrected chi connectivity index (χ4v) is 7.12. The van der Waals surface area contributed by atoms with Crippen molar-refractivity contribution in [1.29, 1.82) is 5.26 Å². The summed E-state index contributed by atoms with van der Waals surface area (Å²) >= 11 is 0. The first kappa shape index (κ1) is 30.3. The molecular formula is C35H37N9O3. The molecule has 240 valence electrons. The lowest BCUT2D eigenvalue weighted by Crippen LogP contribution is -2.69. The summed E-state index contributed by atoms with van der Waals surface area (Å²) in [5.41, 5.74) is 3.79. The van der Waals surface area contributed by atoms with Gasteiger partial charge >= 0.3 is 6.09 Å². The number of anilines is 1. The first-order valence-corrected chi connectivity index (χ1v) is 16.1. The first-order valence-electron chi connectivity index (χ1n) is 16.1. The zero-order chi connectivity index (χ0) is 32.4. The molecule has 2 N–H and O–H groups in total. The highest BCUT2D eigenvalue weighted by Crippen LogP contribution is 2.40. The van der Waals surface area contributed by atoms with Crippen LogP contribution in [0, 0.1) is 23.2 Å². The summed E-state index contributed by atoms with van der Waals surface area (Å²) in [4.78, 5) is 41.5. The minimum atomic E-state index is -0.412. The molecule has 1 atom stereocenters. The van der Waals surface area contributed by atoms with E-state index in [0.29, 0.717) is 55.8 Å². The third kappa shape index (κ3) is 6.52. The van der Waals surface area contributed by atoms with E-state index in [1.807, 2.05) is 73.0 Å². The molecule has 1 aliphatic carbocycles. The zero-order valence-corrected chi connectivity index (χ0v) is 26.3. The van der Waals surface area contributed by atoms with Crippen molar-refractivity contribution in [3.63, 3.8) is 0 Å². The van der Waals surface area contributed by atoms with Crippen LogP contribution in [0.15, 0.2) is 67.3 Å². The van der Waals surface area contributed by atoms with E-state index in [9.17, 15) is 14.9 Å². The highest BCUT2D eigenvalue weighted by Gasteiger charge is 2.50. The van der Waals surface area contributed by atoms with Crippen molar-refractivity contribution in [2.45, 2.75) is 50.1 Å². The fraction of sp³-hybridized carbons (Fsp3) is 0.400. The maximum Gasteiger partial charge on any atom is 0.407 e. The Morgan fingerprint density at radius 3 is 2.55 bits per heavy atom. The molecule has 3 aromatic heterocycles. The number of nitrogens with one attached hydrogen (secondary N) is 2. The number of pyridine rings is 1. The number of carbonyl (C=O) groups excluding carboxylic acids is 2. The molecule has 1 saturated carbocycles. The van der Waals surface area contributed by atoms with Crippen LogP contribution in [0.2, 0.25) is 0 Å². The van der Waals surface area contributed by atoms with Gasteiger partial charge in [0.2, 0.25) is 5.91 Å². The Morgan fingerprint density at radius 2 is 1.89 bits per heavy atom. The van der Waals surface area contributed by atoms with E-state index in [1.165, 1.54) is 0 Å². The van der Waals surface area contributed by atoms with Gasteiger partial charge in [0.1, 0.15) is 35.4 Å². The topological polar surface area (TPSA) is 151 Å². The molecule has 3 aliphatic rings. The SMILES string of the molecule is Cn1cc(-c2ccc(C(C(=O)NCc3ccccc3)[C@H]3CC[C@H](Cc4ncc(C#N)c(N5CC6(COC(=O)N6)C5)n4)CC3)nc2)cn1. The number of ether oxygens (including phenoxy) is 1. The molecule has 4 aromatic rings. The van der Waals surface area contributed by atoms with Crippen molar-refractivity contribution in [2.24, 2.45) is 18.9 Å². The van der Waals surface area contributed by atoms with E-state index in [0.717, 1.165) is 48.1 Å². The lowest BCUT2D eigenvalue weighted by molar-refractivity contribution is -0.124. The van der Waals surface area contributed by atoms with Crippen molar-refractivity contribution in [1.82, 2.24) is 35.4 Å². The molecule has 0 bridgehead atoms. The van der Waals surface area contributed by atoms with Crippen LogP contribution < -0.4 is 15.5 Å². The lowest BCUT2D eigenvalue weighted by atomic mass is 9.73. The first-order chi connectivity index (χ1) is 22.9. The maximum absolute atomic E-state index is 13.8. The van der Waals surface area contributed by atoms with Crippen LogP contribution in [0.4, 0.5) is 10.6 Å². The number of aryl methyl sites for hydroxylation is 1. The predicted octanol–water partition coefficient (Wildman–Crippen LogP) is 3.89. The number of rotatable bonds is 9. The quantitative estimate of drug-likeness (QED) is 0.280. The van der Waals surface area contributed by atoms with E-state index in [1.54, 1.807) is 10.9 Å². The number of cyclic esters (lactones) is 1. The van der Waals surface area contributed by atoms with E-state index >= 15 is 0 Å². The number of aromatic nitrogens is 5. The molecule has 47 heavy (non-hydrogen) atoms. The average molecular weight is 632 g/mol. The molecule has 3 fully saturated rings. The number of nitrogens with zero attached hydrogens (tertiary/aromatic N) is 7. The van der Waals surface area contributed by atoms with Gasteiger partial charge in [0.15, 0.2) is 0 Å².